The molecule has 1 aliphatic rings. The third kappa shape index (κ3) is 4.12. The van der Waals surface area contributed by atoms with Crippen molar-refractivity contribution in [3.05, 3.63) is 39.3 Å². The number of anilines is 1. The monoisotopic (exact) mass is 380 g/mol. The molecule has 2 heterocycles. The van der Waals surface area contributed by atoms with E-state index in [4.69, 9.17) is 0 Å². The van der Waals surface area contributed by atoms with E-state index in [9.17, 15) is 4.79 Å². The Morgan fingerprint density at radius 3 is 2.64 bits per heavy atom. The number of carbonyl (C=O) groups excluding carboxylic acids is 1. The molecule has 0 bridgehead atoms. The second kappa shape index (κ2) is 7.30. The van der Waals surface area contributed by atoms with Crippen molar-refractivity contribution in [1.82, 2.24) is 15.1 Å². The van der Waals surface area contributed by atoms with Gasteiger partial charge in [-0.15, -0.1) is 10.2 Å². The van der Waals surface area contributed by atoms with Gasteiger partial charge in [0.2, 0.25) is 5.13 Å². The first-order valence-electron chi connectivity index (χ1n) is 7.32. The van der Waals surface area contributed by atoms with Gasteiger partial charge in [0.25, 0.3) is 5.91 Å². The van der Waals surface area contributed by atoms with Gasteiger partial charge in [0.05, 0.1) is 6.54 Å². The number of nitrogens with one attached hydrogen (secondary N) is 1. The Balaban J connectivity index is 1.58. The van der Waals surface area contributed by atoms with Gasteiger partial charge >= 0.3 is 0 Å². The highest BCUT2D eigenvalue weighted by Crippen LogP contribution is 2.20. The molecule has 1 aliphatic heterocycles. The van der Waals surface area contributed by atoms with Crippen molar-refractivity contribution in [3.63, 3.8) is 0 Å². The van der Waals surface area contributed by atoms with E-state index < -0.39 is 0 Å². The zero-order chi connectivity index (χ0) is 15.4. The van der Waals surface area contributed by atoms with Crippen LogP contribution in [0.2, 0.25) is 0 Å². The lowest BCUT2D eigenvalue weighted by Gasteiger charge is -2.24. The molecular weight excluding hydrogens is 364 g/mol. The molecule has 1 aromatic heterocycles. The average Bonchev–Trinajstić information content (AvgIpc) is 2.96. The standard InChI is InChI=1S/C15H17BrN4OS/c16-12-6-4-11(5-7-12)14(21)17-15-19-18-13(22-15)10-20-8-2-1-3-9-20/h4-7H,1-3,8-10H2,(H,17,19,21). The van der Waals surface area contributed by atoms with Crippen LogP contribution in [0.15, 0.2) is 28.7 Å². The molecule has 1 aromatic carbocycles. The Kier molecular flexibility index (Phi) is 5.17. The molecule has 5 nitrogen and oxygen atoms in total. The van der Waals surface area contributed by atoms with Crippen LogP contribution in [0.3, 0.4) is 0 Å². The van der Waals surface area contributed by atoms with Gasteiger partial charge in [-0.25, -0.2) is 0 Å². The van der Waals surface area contributed by atoms with Crippen LogP contribution in [-0.2, 0) is 6.54 Å². The Morgan fingerprint density at radius 1 is 1.18 bits per heavy atom. The Labute approximate surface area is 141 Å². The minimum atomic E-state index is -0.159. The highest BCUT2D eigenvalue weighted by Gasteiger charge is 2.14. The van der Waals surface area contributed by atoms with Crippen LogP contribution < -0.4 is 5.32 Å². The lowest BCUT2D eigenvalue weighted by atomic mass is 10.1. The quantitative estimate of drug-likeness (QED) is 0.880. The number of halogens is 1. The summed E-state index contributed by atoms with van der Waals surface area (Å²) in [5.74, 6) is -0.159. The number of likely N-dealkylation sites (tertiary alicyclic amines) is 1. The summed E-state index contributed by atoms with van der Waals surface area (Å²) in [6, 6.07) is 7.23. The fourth-order valence-electron chi connectivity index (χ4n) is 2.45. The molecule has 3 rings (SSSR count). The van der Waals surface area contributed by atoms with Gasteiger partial charge in [-0.2, -0.15) is 0 Å². The van der Waals surface area contributed by atoms with Crippen LogP contribution in [0.4, 0.5) is 5.13 Å². The smallest absolute Gasteiger partial charge is 0.257 e. The van der Waals surface area contributed by atoms with E-state index in [-0.39, 0.29) is 5.91 Å². The van der Waals surface area contributed by atoms with Crippen molar-refractivity contribution in [2.75, 3.05) is 18.4 Å². The molecule has 116 valence electrons. The molecule has 22 heavy (non-hydrogen) atoms. The summed E-state index contributed by atoms with van der Waals surface area (Å²) in [5.41, 5.74) is 0.607. The Bertz CT molecular complexity index is 637. The van der Waals surface area contributed by atoms with Gasteiger partial charge in [-0.05, 0) is 50.2 Å². The van der Waals surface area contributed by atoms with E-state index in [0.29, 0.717) is 10.7 Å². The number of hydrogen-bond donors (Lipinski definition) is 1. The first kappa shape index (κ1) is 15.6. The molecule has 1 fully saturated rings. The van der Waals surface area contributed by atoms with E-state index >= 15 is 0 Å². The number of piperidine rings is 1. The largest absolute Gasteiger partial charge is 0.297 e. The maximum atomic E-state index is 12.1. The third-order valence-electron chi connectivity index (χ3n) is 3.60. The first-order valence-corrected chi connectivity index (χ1v) is 8.93. The minimum absolute atomic E-state index is 0.159. The minimum Gasteiger partial charge on any atom is -0.297 e. The molecule has 0 aliphatic carbocycles. The summed E-state index contributed by atoms with van der Waals surface area (Å²) in [6.07, 6.45) is 3.83. The van der Waals surface area contributed by atoms with Gasteiger partial charge < -0.3 is 0 Å². The van der Waals surface area contributed by atoms with E-state index in [1.165, 1.54) is 30.6 Å². The molecule has 1 saturated heterocycles. The van der Waals surface area contributed by atoms with Crippen molar-refractivity contribution in [2.45, 2.75) is 25.8 Å². The molecule has 1 N–H and O–H groups in total. The molecule has 0 radical (unpaired) electrons. The maximum Gasteiger partial charge on any atom is 0.257 e. The second-order valence-electron chi connectivity index (χ2n) is 5.30. The lowest BCUT2D eigenvalue weighted by Crippen LogP contribution is -2.28. The first-order chi connectivity index (χ1) is 10.7. The van der Waals surface area contributed by atoms with Gasteiger partial charge in [-0.3, -0.25) is 15.0 Å². The molecule has 1 amide bonds. The molecular formula is C15H17BrN4OS. The zero-order valence-electron chi connectivity index (χ0n) is 12.1. The highest BCUT2D eigenvalue weighted by atomic mass is 79.9. The molecule has 0 spiro atoms. The van der Waals surface area contributed by atoms with E-state index in [1.807, 2.05) is 12.1 Å². The van der Waals surface area contributed by atoms with Gasteiger partial charge in [-0.1, -0.05) is 33.7 Å². The highest BCUT2D eigenvalue weighted by molar-refractivity contribution is 9.10. The number of rotatable bonds is 4. The fraction of sp³-hybridized carbons (Fsp3) is 0.400. The molecule has 0 unspecified atom stereocenters. The molecule has 0 saturated carbocycles. The lowest BCUT2D eigenvalue weighted by molar-refractivity contribution is 0.102. The van der Waals surface area contributed by atoms with E-state index in [0.717, 1.165) is 29.1 Å². The van der Waals surface area contributed by atoms with Crippen LogP contribution in [0.25, 0.3) is 0 Å². The summed E-state index contributed by atoms with van der Waals surface area (Å²) >= 11 is 4.80. The van der Waals surface area contributed by atoms with Crippen LogP contribution in [-0.4, -0.2) is 34.1 Å². The summed E-state index contributed by atoms with van der Waals surface area (Å²) < 4.78 is 0.948. The molecule has 2 aromatic rings. The van der Waals surface area contributed by atoms with Crippen molar-refractivity contribution in [2.24, 2.45) is 0 Å². The van der Waals surface area contributed by atoms with Crippen LogP contribution in [0, 0.1) is 0 Å². The summed E-state index contributed by atoms with van der Waals surface area (Å²) in [5, 5.41) is 12.6. The zero-order valence-corrected chi connectivity index (χ0v) is 14.5. The summed E-state index contributed by atoms with van der Waals surface area (Å²) in [7, 11) is 0. The molecule has 7 heteroatoms. The number of hydrogen-bond acceptors (Lipinski definition) is 5. The Morgan fingerprint density at radius 2 is 1.91 bits per heavy atom. The van der Waals surface area contributed by atoms with Crippen molar-refractivity contribution >= 4 is 38.3 Å². The van der Waals surface area contributed by atoms with Crippen LogP contribution in [0.1, 0.15) is 34.6 Å². The number of amides is 1. The summed E-state index contributed by atoms with van der Waals surface area (Å²) in [4.78, 5) is 14.5. The second-order valence-corrected chi connectivity index (χ2v) is 7.28. The predicted molar refractivity (Wildman–Crippen MR) is 91.1 cm³/mol. The SMILES string of the molecule is O=C(Nc1nnc(CN2CCCCC2)s1)c1ccc(Br)cc1. The number of benzene rings is 1. The number of carbonyl (C=O) groups is 1. The van der Waals surface area contributed by atoms with Gasteiger partial charge in [0.15, 0.2) is 0 Å². The van der Waals surface area contributed by atoms with Crippen molar-refractivity contribution in [1.29, 1.82) is 0 Å². The fourth-order valence-corrected chi connectivity index (χ4v) is 3.49. The van der Waals surface area contributed by atoms with Crippen molar-refractivity contribution in [3.8, 4) is 0 Å². The van der Waals surface area contributed by atoms with Crippen LogP contribution in [0.5, 0.6) is 0 Å². The topological polar surface area (TPSA) is 58.1 Å². The Hall–Kier alpha value is -1.31. The number of aromatic nitrogens is 2. The van der Waals surface area contributed by atoms with Crippen LogP contribution >= 0.6 is 27.3 Å². The average molecular weight is 381 g/mol. The third-order valence-corrected chi connectivity index (χ3v) is 4.95. The van der Waals surface area contributed by atoms with Gasteiger partial charge in [0.1, 0.15) is 5.01 Å². The van der Waals surface area contributed by atoms with E-state index in [1.54, 1.807) is 12.1 Å². The van der Waals surface area contributed by atoms with Crippen molar-refractivity contribution < 1.29 is 4.79 Å². The van der Waals surface area contributed by atoms with E-state index in [2.05, 4.69) is 36.3 Å². The van der Waals surface area contributed by atoms with Gasteiger partial charge in [0, 0.05) is 10.0 Å². The number of nitrogens with zero attached hydrogens (tertiary/aromatic N) is 3. The summed E-state index contributed by atoms with van der Waals surface area (Å²) in [6.45, 7) is 3.08. The maximum absolute atomic E-state index is 12.1. The molecule has 0 atom stereocenters. The predicted octanol–water partition coefficient (Wildman–Crippen LogP) is 3.54. The normalized spacial score (nSPS) is 15.7.